The molecule has 0 atom stereocenters. The van der Waals surface area contributed by atoms with Gasteiger partial charge in [-0.25, -0.2) is 4.98 Å². The summed E-state index contributed by atoms with van der Waals surface area (Å²) >= 11 is 0. The van der Waals surface area contributed by atoms with E-state index in [1.54, 1.807) is 31.3 Å². The largest absolute Gasteiger partial charge is 0.508 e. The highest BCUT2D eigenvalue weighted by molar-refractivity contribution is 6.01. The number of nitrogens with two attached hydrogens (primary N) is 2. The Kier molecular flexibility index (Phi) is 4.06. The topological polar surface area (TPSA) is 128 Å². The molecule has 0 radical (unpaired) electrons. The zero-order chi connectivity index (χ0) is 18.1. The Bertz CT molecular complexity index is 971. The molecule has 2 aromatic heterocycles. The highest BCUT2D eigenvalue weighted by Crippen LogP contribution is 2.38. The van der Waals surface area contributed by atoms with Gasteiger partial charge in [0, 0.05) is 18.0 Å². The molecule has 7 heteroatoms. The van der Waals surface area contributed by atoms with Crippen LogP contribution in [0, 0.1) is 13.8 Å². The van der Waals surface area contributed by atoms with Gasteiger partial charge in [-0.3, -0.25) is 14.8 Å². The van der Waals surface area contributed by atoms with Crippen molar-refractivity contribution in [3.63, 3.8) is 0 Å². The molecule has 0 saturated heterocycles. The van der Waals surface area contributed by atoms with Crippen LogP contribution in [0.4, 0.5) is 5.69 Å². The van der Waals surface area contributed by atoms with Gasteiger partial charge in [0.25, 0.3) is 5.91 Å². The van der Waals surface area contributed by atoms with E-state index < -0.39 is 5.91 Å². The van der Waals surface area contributed by atoms with Gasteiger partial charge < -0.3 is 16.6 Å². The van der Waals surface area contributed by atoms with Crippen molar-refractivity contribution in [2.45, 2.75) is 13.8 Å². The molecule has 0 aliphatic heterocycles. The number of benzene rings is 1. The van der Waals surface area contributed by atoms with E-state index in [9.17, 15) is 9.90 Å². The second kappa shape index (κ2) is 6.20. The lowest BCUT2D eigenvalue weighted by atomic mass is 9.93. The predicted molar refractivity (Wildman–Crippen MR) is 94.8 cm³/mol. The van der Waals surface area contributed by atoms with Gasteiger partial charge in [0.15, 0.2) is 5.69 Å². The maximum atomic E-state index is 11.8. The number of phenolic OH excluding ortho intramolecular Hbond substituents is 1. The summed E-state index contributed by atoms with van der Waals surface area (Å²) in [5.41, 5.74) is 15.5. The third kappa shape index (κ3) is 2.87. The fourth-order valence-electron chi connectivity index (χ4n) is 2.76. The minimum Gasteiger partial charge on any atom is -0.508 e. The first-order valence-electron chi connectivity index (χ1n) is 7.56. The number of pyridine rings is 1. The average molecular weight is 335 g/mol. The van der Waals surface area contributed by atoms with Crippen LogP contribution in [-0.2, 0) is 0 Å². The third-order valence-electron chi connectivity index (χ3n) is 4.03. The molecule has 3 rings (SSSR count). The van der Waals surface area contributed by atoms with Crippen molar-refractivity contribution in [2.24, 2.45) is 5.73 Å². The number of amides is 1. The Hall–Kier alpha value is -3.48. The fourth-order valence-corrected chi connectivity index (χ4v) is 2.76. The minimum absolute atomic E-state index is 0.0414. The number of hydrogen-bond acceptors (Lipinski definition) is 6. The van der Waals surface area contributed by atoms with Crippen molar-refractivity contribution in [1.82, 2.24) is 15.0 Å². The van der Waals surface area contributed by atoms with Gasteiger partial charge in [0.2, 0.25) is 0 Å². The van der Waals surface area contributed by atoms with E-state index in [0.717, 1.165) is 11.1 Å². The summed E-state index contributed by atoms with van der Waals surface area (Å²) < 4.78 is 0. The number of phenols is 1. The predicted octanol–water partition coefficient (Wildman–Crippen LogP) is 2.21. The van der Waals surface area contributed by atoms with Gasteiger partial charge in [-0.1, -0.05) is 6.07 Å². The van der Waals surface area contributed by atoms with Crippen LogP contribution in [-0.4, -0.2) is 26.0 Å². The number of nitrogen functional groups attached to an aromatic ring is 1. The Morgan fingerprint density at radius 3 is 2.56 bits per heavy atom. The molecule has 0 saturated carbocycles. The van der Waals surface area contributed by atoms with E-state index in [2.05, 4.69) is 15.0 Å². The average Bonchev–Trinajstić information content (AvgIpc) is 2.60. The monoisotopic (exact) mass is 335 g/mol. The number of anilines is 1. The molecule has 0 unspecified atom stereocenters. The first-order chi connectivity index (χ1) is 11.9. The number of hydrogen-bond donors (Lipinski definition) is 3. The Morgan fingerprint density at radius 2 is 1.92 bits per heavy atom. The number of primary amides is 1. The van der Waals surface area contributed by atoms with E-state index in [-0.39, 0.29) is 17.1 Å². The van der Waals surface area contributed by atoms with Crippen LogP contribution in [0.1, 0.15) is 21.6 Å². The number of carbonyl (C=O) groups excluding carboxylic acids is 1. The lowest BCUT2D eigenvalue weighted by Gasteiger charge is -2.16. The van der Waals surface area contributed by atoms with Crippen molar-refractivity contribution < 1.29 is 9.90 Å². The van der Waals surface area contributed by atoms with Crippen LogP contribution < -0.4 is 11.5 Å². The molecule has 2 heterocycles. The number of rotatable bonds is 3. The Morgan fingerprint density at radius 1 is 1.16 bits per heavy atom. The van der Waals surface area contributed by atoms with Crippen LogP contribution in [0.3, 0.4) is 0 Å². The van der Waals surface area contributed by atoms with Crippen molar-refractivity contribution in [1.29, 1.82) is 0 Å². The molecule has 0 aliphatic rings. The Labute approximate surface area is 144 Å². The van der Waals surface area contributed by atoms with Crippen molar-refractivity contribution >= 4 is 11.6 Å². The molecule has 0 aliphatic carbocycles. The minimum atomic E-state index is -0.736. The summed E-state index contributed by atoms with van der Waals surface area (Å²) in [6.45, 7) is 3.68. The lowest BCUT2D eigenvalue weighted by Crippen LogP contribution is -2.17. The second-order valence-corrected chi connectivity index (χ2v) is 5.67. The summed E-state index contributed by atoms with van der Waals surface area (Å²) in [5.74, 6) is -0.599. The van der Waals surface area contributed by atoms with Crippen LogP contribution in [0.25, 0.3) is 22.5 Å². The van der Waals surface area contributed by atoms with E-state index >= 15 is 0 Å². The maximum absolute atomic E-state index is 11.8. The lowest BCUT2D eigenvalue weighted by molar-refractivity contribution is 0.0996. The van der Waals surface area contributed by atoms with Crippen LogP contribution >= 0.6 is 0 Å². The highest BCUT2D eigenvalue weighted by Gasteiger charge is 2.20. The molecule has 7 nitrogen and oxygen atoms in total. The normalized spacial score (nSPS) is 10.6. The SMILES string of the molecule is Cc1ccc(O)c(C)c1-c1cc(-c2cnccn2)nc(C(N)=O)c1N. The van der Waals surface area contributed by atoms with Crippen LogP contribution in [0.15, 0.2) is 36.8 Å². The standard InChI is InChI=1S/C18H17N5O2/c1-9-3-4-14(24)10(2)15(9)11-7-12(13-8-21-5-6-22-13)23-17(16(11)19)18(20)25/h3-8,24H,19H2,1-2H3,(H2,20,25). The van der Waals surface area contributed by atoms with Gasteiger partial charge in [-0.15, -0.1) is 0 Å². The number of aromatic hydroxyl groups is 1. The van der Waals surface area contributed by atoms with Gasteiger partial charge in [-0.2, -0.15) is 0 Å². The summed E-state index contributed by atoms with van der Waals surface area (Å²) in [7, 11) is 0. The molecule has 1 aromatic carbocycles. The summed E-state index contributed by atoms with van der Waals surface area (Å²) in [6.07, 6.45) is 4.61. The molecule has 0 bridgehead atoms. The molecule has 5 N–H and O–H groups in total. The Balaban J connectivity index is 2.36. The van der Waals surface area contributed by atoms with Gasteiger partial charge in [0.1, 0.15) is 11.4 Å². The molecule has 126 valence electrons. The van der Waals surface area contributed by atoms with Crippen molar-refractivity contribution in [2.75, 3.05) is 5.73 Å². The summed E-state index contributed by atoms with van der Waals surface area (Å²) in [4.78, 5) is 24.3. The fraction of sp³-hybridized carbons (Fsp3) is 0.111. The molecular weight excluding hydrogens is 318 g/mol. The molecular formula is C18H17N5O2. The maximum Gasteiger partial charge on any atom is 0.269 e. The highest BCUT2D eigenvalue weighted by atomic mass is 16.3. The molecule has 0 fully saturated rings. The first-order valence-corrected chi connectivity index (χ1v) is 7.56. The van der Waals surface area contributed by atoms with E-state index in [0.29, 0.717) is 22.5 Å². The van der Waals surface area contributed by atoms with Crippen molar-refractivity contribution in [3.05, 3.63) is 53.6 Å². The number of carbonyl (C=O) groups is 1. The molecule has 3 aromatic rings. The van der Waals surface area contributed by atoms with Crippen LogP contribution in [0.5, 0.6) is 5.75 Å². The summed E-state index contributed by atoms with van der Waals surface area (Å²) in [5, 5.41) is 10.1. The number of nitrogens with zero attached hydrogens (tertiary/aromatic N) is 3. The van der Waals surface area contributed by atoms with Gasteiger partial charge in [-0.05, 0) is 42.7 Å². The van der Waals surface area contributed by atoms with Crippen molar-refractivity contribution in [3.8, 4) is 28.3 Å². The third-order valence-corrected chi connectivity index (χ3v) is 4.03. The van der Waals surface area contributed by atoms with Gasteiger partial charge in [0.05, 0.1) is 17.6 Å². The molecule has 0 spiro atoms. The quantitative estimate of drug-likeness (QED) is 0.673. The van der Waals surface area contributed by atoms with E-state index in [1.807, 2.05) is 6.92 Å². The van der Waals surface area contributed by atoms with E-state index in [4.69, 9.17) is 11.5 Å². The first kappa shape index (κ1) is 16.4. The summed E-state index contributed by atoms with van der Waals surface area (Å²) in [6, 6.07) is 5.12. The zero-order valence-electron chi connectivity index (χ0n) is 13.8. The number of aryl methyl sites for hydroxylation is 1. The molecule has 25 heavy (non-hydrogen) atoms. The number of aromatic nitrogens is 3. The smallest absolute Gasteiger partial charge is 0.269 e. The van der Waals surface area contributed by atoms with Gasteiger partial charge >= 0.3 is 0 Å². The second-order valence-electron chi connectivity index (χ2n) is 5.67. The van der Waals surface area contributed by atoms with E-state index in [1.165, 1.54) is 12.4 Å². The van der Waals surface area contributed by atoms with Crippen LogP contribution in [0.2, 0.25) is 0 Å². The molecule has 1 amide bonds. The zero-order valence-corrected chi connectivity index (χ0v) is 13.8.